The van der Waals surface area contributed by atoms with E-state index >= 15 is 0 Å². The highest BCUT2D eigenvalue weighted by atomic mass is 32.2. The van der Waals surface area contributed by atoms with Crippen molar-refractivity contribution in [1.82, 2.24) is 14.7 Å². The molecule has 0 fully saturated rings. The van der Waals surface area contributed by atoms with Gasteiger partial charge in [-0.3, -0.25) is 9.78 Å². The van der Waals surface area contributed by atoms with Gasteiger partial charge in [-0.25, -0.2) is 18.1 Å². The van der Waals surface area contributed by atoms with Gasteiger partial charge in [0.25, 0.3) is 5.56 Å². The van der Waals surface area contributed by atoms with E-state index in [0.717, 1.165) is 5.56 Å². The lowest BCUT2D eigenvalue weighted by Crippen LogP contribution is -2.26. The molecule has 130 valence electrons. The van der Waals surface area contributed by atoms with Crippen LogP contribution in [0.4, 0.5) is 5.95 Å². The number of benzene rings is 1. The highest BCUT2D eigenvalue weighted by molar-refractivity contribution is 7.89. The van der Waals surface area contributed by atoms with Gasteiger partial charge in [0.05, 0.1) is 4.90 Å². The van der Waals surface area contributed by atoms with Crippen LogP contribution in [0.25, 0.3) is 0 Å². The first-order valence-corrected chi connectivity index (χ1v) is 8.96. The van der Waals surface area contributed by atoms with Crippen molar-refractivity contribution in [3.05, 3.63) is 51.4 Å². The van der Waals surface area contributed by atoms with Gasteiger partial charge in [0.1, 0.15) is 0 Å². The van der Waals surface area contributed by atoms with Gasteiger partial charge in [-0.2, -0.15) is 0 Å². The predicted octanol–water partition coefficient (Wildman–Crippen LogP) is 0.0303. The van der Waals surface area contributed by atoms with Crippen LogP contribution < -0.4 is 21.7 Å². The van der Waals surface area contributed by atoms with E-state index in [1.807, 2.05) is 0 Å². The van der Waals surface area contributed by atoms with Gasteiger partial charge in [-0.1, -0.05) is 12.1 Å². The van der Waals surface area contributed by atoms with E-state index in [0.29, 0.717) is 30.6 Å². The number of H-pyrrole nitrogens is 1. The average Bonchev–Trinajstić information content (AvgIpc) is 2.53. The summed E-state index contributed by atoms with van der Waals surface area (Å²) in [5, 5.41) is 0. The quantitative estimate of drug-likeness (QED) is 0.518. The van der Waals surface area contributed by atoms with Crippen LogP contribution in [0, 0.1) is 6.92 Å². The van der Waals surface area contributed by atoms with Crippen molar-refractivity contribution >= 4 is 16.0 Å². The molecule has 0 aliphatic rings. The highest BCUT2D eigenvalue weighted by Gasteiger charge is 2.13. The van der Waals surface area contributed by atoms with Gasteiger partial charge in [0.15, 0.2) is 0 Å². The molecule has 2 rings (SSSR count). The molecule has 0 aliphatic heterocycles. The van der Waals surface area contributed by atoms with Crippen LogP contribution >= 0.6 is 0 Å². The third-order valence-corrected chi connectivity index (χ3v) is 5.08. The fourth-order valence-corrected chi connectivity index (χ4v) is 3.36. The number of sulfonamides is 1. The lowest BCUT2D eigenvalue weighted by Gasteiger charge is -2.08. The van der Waals surface area contributed by atoms with Crippen molar-refractivity contribution < 1.29 is 8.42 Å². The summed E-state index contributed by atoms with van der Waals surface area (Å²) in [6.45, 7) is 2.27. The van der Waals surface area contributed by atoms with Crippen LogP contribution in [-0.2, 0) is 23.0 Å². The summed E-state index contributed by atoms with van der Waals surface area (Å²) >= 11 is 0. The topological polar surface area (TPSA) is 144 Å². The normalized spacial score (nSPS) is 11.6. The number of aryl methyl sites for hydroxylation is 1. The fourth-order valence-electron chi connectivity index (χ4n) is 2.29. The molecule has 24 heavy (non-hydrogen) atoms. The molecule has 1 aromatic heterocycles. The summed E-state index contributed by atoms with van der Waals surface area (Å²) in [5.74, 6) is 0.0721. The maximum Gasteiger partial charge on any atom is 0.255 e. The van der Waals surface area contributed by atoms with Gasteiger partial charge in [0.2, 0.25) is 16.0 Å². The summed E-state index contributed by atoms with van der Waals surface area (Å²) in [4.78, 5) is 18.4. The first kappa shape index (κ1) is 18.1. The summed E-state index contributed by atoms with van der Waals surface area (Å²) in [5.41, 5.74) is 12.6. The van der Waals surface area contributed by atoms with Crippen molar-refractivity contribution in [2.75, 3.05) is 12.3 Å². The number of aromatic nitrogens is 2. The zero-order valence-corrected chi connectivity index (χ0v) is 14.2. The fraction of sp³-hybridized carbons (Fsp3) is 0.333. The van der Waals surface area contributed by atoms with Crippen LogP contribution in [0.5, 0.6) is 0 Å². The lowest BCUT2D eigenvalue weighted by atomic mass is 10.1. The largest absolute Gasteiger partial charge is 0.369 e. The van der Waals surface area contributed by atoms with Crippen molar-refractivity contribution in [3.8, 4) is 0 Å². The molecule has 1 heterocycles. The van der Waals surface area contributed by atoms with E-state index < -0.39 is 10.0 Å². The Bertz CT molecular complexity index is 860. The number of hydrogen-bond donors (Lipinski definition) is 4. The number of anilines is 1. The minimum absolute atomic E-state index is 0.0721. The molecule has 0 radical (unpaired) electrons. The summed E-state index contributed by atoms with van der Waals surface area (Å²) in [7, 11) is -3.58. The summed E-state index contributed by atoms with van der Waals surface area (Å²) in [6.07, 6.45) is 0.874. The average molecular weight is 351 g/mol. The molecule has 0 saturated carbocycles. The Morgan fingerprint density at radius 3 is 2.50 bits per heavy atom. The van der Waals surface area contributed by atoms with Crippen LogP contribution in [0.2, 0.25) is 0 Å². The molecule has 6 N–H and O–H groups in total. The molecule has 8 nitrogen and oxygen atoms in total. The molecule has 0 bridgehead atoms. The first-order valence-electron chi connectivity index (χ1n) is 7.47. The van der Waals surface area contributed by atoms with E-state index in [2.05, 4.69) is 14.7 Å². The van der Waals surface area contributed by atoms with Crippen molar-refractivity contribution in [2.45, 2.75) is 31.2 Å². The predicted molar refractivity (Wildman–Crippen MR) is 91.9 cm³/mol. The smallest absolute Gasteiger partial charge is 0.255 e. The summed E-state index contributed by atoms with van der Waals surface area (Å²) < 4.78 is 26.9. The SMILES string of the molecule is Cc1nc(N)[nH]c(=O)c1CCCNS(=O)(=O)c1ccc(CN)cc1. The first-order chi connectivity index (χ1) is 11.3. The second-order valence-corrected chi connectivity index (χ2v) is 7.13. The van der Waals surface area contributed by atoms with E-state index in [-0.39, 0.29) is 22.9 Å². The zero-order chi connectivity index (χ0) is 17.7. The minimum Gasteiger partial charge on any atom is -0.369 e. The second-order valence-electron chi connectivity index (χ2n) is 5.36. The van der Waals surface area contributed by atoms with E-state index in [1.165, 1.54) is 12.1 Å². The Labute approximate surface area is 140 Å². The van der Waals surface area contributed by atoms with Gasteiger partial charge >= 0.3 is 0 Å². The molecule has 0 spiro atoms. The number of aromatic amines is 1. The standard InChI is InChI=1S/C15H21N5O3S/c1-10-13(14(21)20-15(17)19-10)3-2-8-18-24(22,23)12-6-4-11(9-16)5-7-12/h4-7,18H,2-3,8-9,16H2,1H3,(H3,17,19,20,21). The van der Waals surface area contributed by atoms with Gasteiger partial charge in [-0.15, -0.1) is 0 Å². The van der Waals surface area contributed by atoms with Gasteiger partial charge in [0, 0.05) is 24.3 Å². The van der Waals surface area contributed by atoms with Crippen molar-refractivity contribution in [3.63, 3.8) is 0 Å². The molecule has 0 amide bonds. The molecule has 1 aromatic carbocycles. The second kappa shape index (κ2) is 7.56. The number of nitrogens with two attached hydrogens (primary N) is 2. The Morgan fingerprint density at radius 2 is 1.92 bits per heavy atom. The monoisotopic (exact) mass is 351 g/mol. The van der Waals surface area contributed by atoms with E-state index in [1.54, 1.807) is 19.1 Å². The van der Waals surface area contributed by atoms with Gasteiger partial charge in [-0.05, 0) is 37.5 Å². The van der Waals surface area contributed by atoms with Gasteiger partial charge < -0.3 is 11.5 Å². The number of nitrogen functional groups attached to an aromatic ring is 1. The molecular formula is C15H21N5O3S. The molecule has 2 aromatic rings. The number of rotatable bonds is 7. The van der Waals surface area contributed by atoms with E-state index in [9.17, 15) is 13.2 Å². The maximum absolute atomic E-state index is 12.2. The number of nitrogens with zero attached hydrogens (tertiary/aromatic N) is 1. The van der Waals surface area contributed by atoms with Crippen LogP contribution in [-0.4, -0.2) is 24.9 Å². The number of hydrogen-bond acceptors (Lipinski definition) is 6. The zero-order valence-electron chi connectivity index (χ0n) is 13.4. The van der Waals surface area contributed by atoms with E-state index in [4.69, 9.17) is 11.5 Å². The van der Waals surface area contributed by atoms with Crippen LogP contribution in [0.3, 0.4) is 0 Å². The summed E-state index contributed by atoms with van der Waals surface area (Å²) in [6, 6.07) is 6.39. The minimum atomic E-state index is -3.58. The Hall–Kier alpha value is -2.23. The third kappa shape index (κ3) is 4.40. The molecule has 0 unspecified atom stereocenters. The molecule has 9 heteroatoms. The molecular weight excluding hydrogens is 330 g/mol. The van der Waals surface area contributed by atoms with Crippen molar-refractivity contribution in [1.29, 1.82) is 0 Å². The molecule has 0 saturated heterocycles. The molecule has 0 aliphatic carbocycles. The maximum atomic E-state index is 12.2. The Balaban J connectivity index is 1.95. The highest BCUT2D eigenvalue weighted by Crippen LogP contribution is 2.10. The third-order valence-electron chi connectivity index (χ3n) is 3.61. The Morgan fingerprint density at radius 1 is 1.25 bits per heavy atom. The molecule has 0 atom stereocenters. The van der Waals surface area contributed by atoms with Crippen molar-refractivity contribution in [2.24, 2.45) is 5.73 Å². The van der Waals surface area contributed by atoms with Crippen LogP contribution in [0.1, 0.15) is 23.2 Å². The Kier molecular flexibility index (Phi) is 5.71. The lowest BCUT2D eigenvalue weighted by molar-refractivity contribution is 0.578. The number of nitrogens with one attached hydrogen (secondary N) is 2. The van der Waals surface area contributed by atoms with Crippen LogP contribution in [0.15, 0.2) is 34.0 Å².